The summed E-state index contributed by atoms with van der Waals surface area (Å²) in [6.45, 7) is 10.5. The number of fused-ring (bicyclic) bond motifs is 1. The lowest BCUT2D eigenvalue weighted by Gasteiger charge is -2.37. The largest absolute Gasteiger partial charge is 0.398 e. The van der Waals surface area contributed by atoms with Gasteiger partial charge in [-0.25, -0.2) is 9.88 Å². The number of nitrogens with zero attached hydrogens (tertiary/aromatic N) is 6. The Bertz CT molecular complexity index is 1820. The summed E-state index contributed by atoms with van der Waals surface area (Å²) in [7, 11) is 1.93. The molecule has 0 radical (unpaired) electrons. The van der Waals surface area contributed by atoms with Gasteiger partial charge >= 0.3 is 5.95 Å². The molecule has 5 aromatic rings. The number of pyridine rings is 1. The smallest absolute Gasteiger partial charge is 0.368 e. The minimum Gasteiger partial charge on any atom is -0.368 e. The lowest BCUT2D eigenvalue weighted by Crippen LogP contribution is -2.54. The second-order valence-electron chi connectivity index (χ2n) is 10.9. The van der Waals surface area contributed by atoms with Crippen LogP contribution in [0, 0.1) is 6.92 Å². The number of halogens is 1. The van der Waals surface area contributed by atoms with Crippen LogP contribution in [0.3, 0.4) is 0 Å². The van der Waals surface area contributed by atoms with Crippen molar-refractivity contribution in [1.82, 2.24) is 25.0 Å². The van der Waals surface area contributed by atoms with Gasteiger partial charge in [-0.1, -0.05) is 33.9 Å². The van der Waals surface area contributed by atoms with Crippen molar-refractivity contribution in [3.63, 3.8) is 0 Å². The molecule has 1 saturated heterocycles. The van der Waals surface area contributed by atoms with E-state index in [2.05, 4.69) is 63.8 Å². The highest BCUT2D eigenvalue weighted by Crippen LogP contribution is 2.31. The molecular formula is C31H34ClN8O2+. The Morgan fingerprint density at radius 1 is 1.07 bits per heavy atom. The second kappa shape index (κ2) is 11.2. The number of piperazine rings is 1. The average Bonchev–Trinajstić information content (AvgIpc) is 3.40. The molecule has 2 atom stereocenters. The Kier molecular flexibility index (Phi) is 7.42. The summed E-state index contributed by atoms with van der Waals surface area (Å²) in [6, 6.07) is 16.6. The van der Waals surface area contributed by atoms with Crippen molar-refractivity contribution in [3.05, 3.63) is 76.0 Å². The van der Waals surface area contributed by atoms with E-state index in [1.165, 1.54) is 5.69 Å². The van der Waals surface area contributed by atoms with E-state index >= 15 is 0 Å². The van der Waals surface area contributed by atoms with Crippen LogP contribution in [-0.4, -0.2) is 44.9 Å². The maximum Gasteiger partial charge on any atom is 0.398 e. The maximum absolute atomic E-state index is 13.7. The van der Waals surface area contributed by atoms with Crippen molar-refractivity contribution in [2.45, 2.75) is 46.3 Å². The predicted molar refractivity (Wildman–Crippen MR) is 165 cm³/mol. The minimum atomic E-state index is -0.161. The predicted octanol–water partition coefficient (Wildman–Crippen LogP) is 4.85. The number of aromatic nitrogens is 5. The van der Waals surface area contributed by atoms with Crippen LogP contribution in [-0.2, 0) is 13.6 Å². The van der Waals surface area contributed by atoms with Crippen LogP contribution in [0.2, 0.25) is 5.02 Å². The average molecular weight is 586 g/mol. The molecule has 0 amide bonds. The number of rotatable bonds is 6. The summed E-state index contributed by atoms with van der Waals surface area (Å²) in [5, 5.41) is 12.2. The molecule has 2 unspecified atom stereocenters. The van der Waals surface area contributed by atoms with Gasteiger partial charge in [-0.15, -0.1) is 0 Å². The van der Waals surface area contributed by atoms with Crippen LogP contribution in [0.5, 0.6) is 0 Å². The summed E-state index contributed by atoms with van der Waals surface area (Å²) < 4.78 is 8.69. The fourth-order valence-corrected chi connectivity index (χ4v) is 5.94. The zero-order chi connectivity index (χ0) is 29.5. The lowest BCUT2D eigenvalue weighted by molar-refractivity contribution is -0.658. The Hall–Kier alpha value is -4.28. The van der Waals surface area contributed by atoms with Gasteiger partial charge in [-0.2, -0.15) is 4.98 Å². The fraction of sp³-hybridized carbons (Fsp3) is 0.323. The molecule has 3 aromatic heterocycles. The highest BCUT2D eigenvalue weighted by Gasteiger charge is 2.23. The van der Waals surface area contributed by atoms with Crippen molar-refractivity contribution < 1.29 is 9.09 Å². The summed E-state index contributed by atoms with van der Waals surface area (Å²) in [5.74, 6) is 1.55. The number of hydrogen-bond donors (Lipinski definition) is 2. The standard InChI is InChI=1S/C31H33ClN8O2/c1-6-40-29-22(13-26(30(40)41)25-12-7-21(14-27(25)32)28-34-20(4)42-37-28)17-38(5)31(36-29)35-23-8-10-24(11-9-23)39-15-18(2)33-19(3)16-39/h7-14,17-19,33H,6,15-16H2,1-5H3/p+1. The summed E-state index contributed by atoms with van der Waals surface area (Å²) in [4.78, 5) is 25.3. The van der Waals surface area contributed by atoms with Gasteiger partial charge in [0.1, 0.15) is 0 Å². The van der Waals surface area contributed by atoms with Crippen LogP contribution >= 0.6 is 11.6 Å². The molecule has 1 aliphatic heterocycles. The molecule has 216 valence electrons. The molecule has 2 aromatic carbocycles. The molecule has 0 bridgehead atoms. The van der Waals surface area contributed by atoms with Gasteiger partial charge in [0.2, 0.25) is 17.4 Å². The first-order valence-corrected chi connectivity index (χ1v) is 14.5. The SMILES string of the molecule is CCn1c(=O)c(-c2ccc(-c3noc(C)n3)cc2Cl)cc2c[n+](C)c(Nc3ccc(N4CC(C)NC(C)C4)cc3)nc21. The Morgan fingerprint density at radius 3 is 2.45 bits per heavy atom. The third-order valence-corrected chi connectivity index (χ3v) is 7.89. The lowest BCUT2D eigenvalue weighted by atomic mass is 10.0. The Labute approximate surface area is 249 Å². The van der Waals surface area contributed by atoms with Crippen molar-refractivity contribution >= 4 is 40.0 Å². The molecule has 0 spiro atoms. The molecule has 11 heteroatoms. The van der Waals surface area contributed by atoms with E-state index in [4.69, 9.17) is 21.1 Å². The fourth-order valence-electron chi connectivity index (χ4n) is 5.66. The van der Waals surface area contributed by atoms with Crippen LogP contribution in [0.25, 0.3) is 33.5 Å². The minimum absolute atomic E-state index is 0.161. The van der Waals surface area contributed by atoms with Crippen LogP contribution < -0.4 is 25.7 Å². The van der Waals surface area contributed by atoms with E-state index in [1.54, 1.807) is 17.6 Å². The van der Waals surface area contributed by atoms with E-state index in [1.807, 2.05) is 42.9 Å². The van der Waals surface area contributed by atoms with Gasteiger partial charge in [-0.3, -0.25) is 9.36 Å². The molecule has 2 N–H and O–H groups in total. The van der Waals surface area contributed by atoms with Crippen molar-refractivity contribution in [3.8, 4) is 22.5 Å². The number of aryl methyl sites for hydroxylation is 3. The molecular weight excluding hydrogens is 552 g/mol. The first kappa shape index (κ1) is 27.9. The normalized spacial score (nSPS) is 17.1. The number of benzene rings is 2. The van der Waals surface area contributed by atoms with Crippen LogP contribution in [0.15, 0.2) is 64.0 Å². The number of hydrogen-bond acceptors (Lipinski definition) is 8. The molecule has 42 heavy (non-hydrogen) atoms. The molecule has 6 rings (SSSR count). The molecule has 1 aliphatic rings. The van der Waals surface area contributed by atoms with Crippen molar-refractivity contribution in [2.24, 2.45) is 7.05 Å². The molecule has 0 saturated carbocycles. The quantitative estimate of drug-likeness (QED) is 0.273. The maximum atomic E-state index is 13.7. The van der Waals surface area contributed by atoms with Gasteiger partial charge in [0.15, 0.2) is 0 Å². The van der Waals surface area contributed by atoms with Gasteiger partial charge < -0.3 is 14.7 Å². The van der Waals surface area contributed by atoms with Crippen molar-refractivity contribution in [2.75, 3.05) is 23.3 Å². The van der Waals surface area contributed by atoms with E-state index in [0.717, 1.165) is 24.2 Å². The first-order chi connectivity index (χ1) is 20.2. The Morgan fingerprint density at radius 2 is 1.81 bits per heavy atom. The summed E-state index contributed by atoms with van der Waals surface area (Å²) in [5.41, 5.74) is 4.40. The molecule has 4 heterocycles. The topological polar surface area (TPSA) is 105 Å². The van der Waals surface area contributed by atoms with E-state index in [-0.39, 0.29) is 5.56 Å². The third-order valence-electron chi connectivity index (χ3n) is 7.58. The summed E-state index contributed by atoms with van der Waals surface area (Å²) in [6.07, 6.45) is 1.97. The van der Waals surface area contributed by atoms with Gasteiger partial charge in [-0.05, 0) is 57.2 Å². The highest BCUT2D eigenvalue weighted by molar-refractivity contribution is 6.33. The number of anilines is 3. The van der Waals surface area contributed by atoms with E-state index in [9.17, 15) is 4.79 Å². The Balaban J connectivity index is 1.31. The number of nitrogens with one attached hydrogen (secondary N) is 2. The van der Waals surface area contributed by atoms with Gasteiger partial charge in [0.25, 0.3) is 5.56 Å². The van der Waals surface area contributed by atoms with E-state index in [0.29, 0.717) is 63.7 Å². The van der Waals surface area contributed by atoms with E-state index < -0.39 is 0 Å². The highest BCUT2D eigenvalue weighted by atomic mass is 35.5. The zero-order valence-corrected chi connectivity index (χ0v) is 25.1. The van der Waals surface area contributed by atoms with Crippen molar-refractivity contribution in [1.29, 1.82) is 0 Å². The molecule has 10 nitrogen and oxygen atoms in total. The summed E-state index contributed by atoms with van der Waals surface area (Å²) >= 11 is 6.69. The first-order valence-electron chi connectivity index (χ1n) is 14.1. The van der Waals surface area contributed by atoms with Crippen LogP contribution in [0.4, 0.5) is 17.3 Å². The third kappa shape index (κ3) is 5.35. The second-order valence-corrected chi connectivity index (χ2v) is 11.3. The monoisotopic (exact) mass is 585 g/mol. The van der Waals surface area contributed by atoms with Gasteiger partial charge in [0, 0.05) is 66.0 Å². The molecule has 1 fully saturated rings. The van der Waals surface area contributed by atoms with Crippen LogP contribution in [0.1, 0.15) is 26.7 Å². The molecule has 0 aliphatic carbocycles. The van der Waals surface area contributed by atoms with Gasteiger partial charge in [0.05, 0.1) is 24.3 Å². The zero-order valence-electron chi connectivity index (χ0n) is 24.3.